The summed E-state index contributed by atoms with van der Waals surface area (Å²) in [6, 6.07) is 8.36. The normalized spacial score (nSPS) is 14.8. The molecular weight excluding hydrogens is 248 g/mol. The maximum Gasteiger partial charge on any atom is 0.119 e. The van der Waals surface area contributed by atoms with Crippen LogP contribution in [0.5, 0.6) is 5.75 Å². The smallest absolute Gasteiger partial charge is 0.119 e. The molecule has 0 radical (unpaired) electrons. The molecule has 3 heteroatoms. The summed E-state index contributed by atoms with van der Waals surface area (Å²) in [5.41, 5.74) is 1.27. The highest BCUT2D eigenvalue weighted by Gasteiger charge is 2.23. The van der Waals surface area contributed by atoms with Crippen molar-refractivity contribution in [3.63, 3.8) is 0 Å². The number of ether oxygens (including phenoxy) is 1. The van der Waals surface area contributed by atoms with Gasteiger partial charge < -0.3 is 10.1 Å². The molecule has 0 saturated heterocycles. The highest BCUT2D eigenvalue weighted by atomic mass is 16.5. The van der Waals surface area contributed by atoms with Gasteiger partial charge in [0.15, 0.2) is 0 Å². The molecule has 0 amide bonds. The number of rotatable bonds is 10. The Balaban J connectivity index is 1.73. The third-order valence-electron chi connectivity index (χ3n) is 3.71. The van der Waals surface area contributed by atoms with Gasteiger partial charge in [0.25, 0.3) is 0 Å². The Morgan fingerprint density at radius 3 is 2.85 bits per heavy atom. The molecule has 0 aliphatic heterocycles. The monoisotopic (exact) mass is 276 g/mol. The summed E-state index contributed by atoms with van der Waals surface area (Å²) in [7, 11) is 1.97. The number of hydrogen-bond donors (Lipinski definition) is 1. The standard InChI is InChI=1S/C17H28N2O/c1-3-9-19(14-15-7-8-15)10-11-20-17-6-4-5-16(12-17)13-18-2/h4-6,12,15,18H,3,7-11,13-14H2,1-2H3. The first kappa shape index (κ1) is 15.3. The second-order valence-corrected chi connectivity index (χ2v) is 5.77. The lowest BCUT2D eigenvalue weighted by Crippen LogP contribution is -2.31. The Morgan fingerprint density at radius 2 is 2.15 bits per heavy atom. The molecule has 112 valence electrons. The Labute approximate surface area is 123 Å². The molecule has 1 fully saturated rings. The van der Waals surface area contributed by atoms with E-state index < -0.39 is 0 Å². The van der Waals surface area contributed by atoms with Gasteiger partial charge in [-0.05, 0) is 56.5 Å². The van der Waals surface area contributed by atoms with Crippen molar-refractivity contribution in [2.45, 2.75) is 32.7 Å². The van der Waals surface area contributed by atoms with Crippen LogP contribution in [0.1, 0.15) is 31.7 Å². The van der Waals surface area contributed by atoms with E-state index in [1.807, 2.05) is 13.1 Å². The summed E-state index contributed by atoms with van der Waals surface area (Å²) >= 11 is 0. The lowest BCUT2D eigenvalue weighted by molar-refractivity contribution is 0.203. The molecule has 2 rings (SSSR count). The van der Waals surface area contributed by atoms with Gasteiger partial charge in [-0.1, -0.05) is 19.1 Å². The Morgan fingerprint density at radius 1 is 1.30 bits per heavy atom. The first-order chi connectivity index (χ1) is 9.81. The lowest BCUT2D eigenvalue weighted by atomic mass is 10.2. The van der Waals surface area contributed by atoms with E-state index in [9.17, 15) is 0 Å². The first-order valence-electron chi connectivity index (χ1n) is 7.90. The molecule has 0 unspecified atom stereocenters. The summed E-state index contributed by atoms with van der Waals surface area (Å²) in [5.74, 6) is 1.95. The van der Waals surface area contributed by atoms with E-state index in [2.05, 4.69) is 35.3 Å². The van der Waals surface area contributed by atoms with Gasteiger partial charge >= 0.3 is 0 Å². The van der Waals surface area contributed by atoms with E-state index in [0.717, 1.165) is 31.4 Å². The second-order valence-electron chi connectivity index (χ2n) is 5.77. The van der Waals surface area contributed by atoms with Crippen LogP contribution < -0.4 is 10.1 Å². The summed E-state index contributed by atoms with van der Waals surface area (Å²) in [5, 5.41) is 3.17. The summed E-state index contributed by atoms with van der Waals surface area (Å²) < 4.78 is 5.90. The number of benzene rings is 1. The molecule has 1 aliphatic carbocycles. The van der Waals surface area contributed by atoms with Crippen molar-refractivity contribution in [2.75, 3.05) is 33.3 Å². The minimum Gasteiger partial charge on any atom is -0.492 e. The van der Waals surface area contributed by atoms with Gasteiger partial charge in [-0.3, -0.25) is 4.90 Å². The van der Waals surface area contributed by atoms with Crippen molar-refractivity contribution in [3.05, 3.63) is 29.8 Å². The molecular formula is C17H28N2O. The van der Waals surface area contributed by atoms with Crippen LogP contribution in [0.2, 0.25) is 0 Å². The highest BCUT2D eigenvalue weighted by molar-refractivity contribution is 5.28. The van der Waals surface area contributed by atoms with Gasteiger partial charge in [0.2, 0.25) is 0 Å². The van der Waals surface area contributed by atoms with Gasteiger partial charge in [0.1, 0.15) is 12.4 Å². The van der Waals surface area contributed by atoms with Crippen LogP contribution in [0.3, 0.4) is 0 Å². The van der Waals surface area contributed by atoms with E-state index in [1.165, 1.54) is 37.9 Å². The molecule has 1 N–H and O–H groups in total. The molecule has 3 nitrogen and oxygen atoms in total. The Bertz CT molecular complexity index is 390. The van der Waals surface area contributed by atoms with Crippen molar-refractivity contribution < 1.29 is 4.74 Å². The molecule has 0 atom stereocenters. The fourth-order valence-corrected chi connectivity index (χ4v) is 2.52. The quantitative estimate of drug-likeness (QED) is 0.711. The van der Waals surface area contributed by atoms with Crippen LogP contribution in [0.25, 0.3) is 0 Å². The summed E-state index contributed by atoms with van der Waals surface area (Å²) in [4.78, 5) is 2.55. The van der Waals surface area contributed by atoms with Crippen molar-refractivity contribution in [1.29, 1.82) is 0 Å². The second kappa shape index (κ2) is 8.28. The maximum atomic E-state index is 5.90. The predicted octanol–water partition coefficient (Wildman–Crippen LogP) is 2.91. The molecule has 1 aromatic rings. The van der Waals surface area contributed by atoms with Crippen molar-refractivity contribution in [1.82, 2.24) is 10.2 Å². The van der Waals surface area contributed by atoms with Gasteiger partial charge in [-0.25, -0.2) is 0 Å². The molecule has 0 bridgehead atoms. The molecule has 1 aromatic carbocycles. The van der Waals surface area contributed by atoms with Crippen LogP contribution in [-0.4, -0.2) is 38.2 Å². The minimum atomic E-state index is 0.787. The molecule has 0 heterocycles. The fourth-order valence-electron chi connectivity index (χ4n) is 2.52. The first-order valence-corrected chi connectivity index (χ1v) is 7.90. The zero-order valence-electron chi connectivity index (χ0n) is 12.9. The van der Waals surface area contributed by atoms with Crippen molar-refractivity contribution in [3.8, 4) is 5.75 Å². The SMILES string of the molecule is CCCN(CCOc1cccc(CNC)c1)CC1CC1. The Hall–Kier alpha value is -1.06. The predicted molar refractivity (Wildman–Crippen MR) is 84.2 cm³/mol. The molecule has 20 heavy (non-hydrogen) atoms. The third kappa shape index (κ3) is 5.51. The van der Waals surface area contributed by atoms with Gasteiger partial charge in [-0.2, -0.15) is 0 Å². The zero-order valence-corrected chi connectivity index (χ0v) is 12.9. The Kier molecular flexibility index (Phi) is 6.34. The highest BCUT2D eigenvalue weighted by Crippen LogP contribution is 2.29. The van der Waals surface area contributed by atoms with E-state index in [1.54, 1.807) is 0 Å². The topological polar surface area (TPSA) is 24.5 Å². The fraction of sp³-hybridized carbons (Fsp3) is 0.647. The molecule has 1 saturated carbocycles. The van der Waals surface area contributed by atoms with E-state index in [4.69, 9.17) is 4.74 Å². The van der Waals surface area contributed by atoms with Gasteiger partial charge in [0, 0.05) is 19.6 Å². The van der Waals surface area contributed by atoms with Crippen LogP contribution in [0, 0.1) is 5.92 Å². The minimum absolute atomic E-state index is 0.787. The molecule has 0 spiro atoms. The third-order valence-corrected chi connectivity index (χ3v) is 3.71. The zero-order chi connectivity index (χ0) is 14.2. The van der Waals surface area contributed by atoms with Crippen molar-refractivity contribution >= 4 is 0 Å². The number of nitrogens with zero attached hydrogens (tertiary/aromatic N) is 1. The molecule has 1 aliphatic rings. The lowest BCUT2D eigenvalue weighted by Gasteiger charge is -2.21. The van der Waals surface area contributed by atoms with Crippen molar-refractivity contribution in [2.24, 2.45) is 5.92 Å². The van der Waals surface area contributed by atoms with E-state index in [0.29, 0.717) is 0 Å². The summed E-state index contributed by atoms with van der Waals surface area (Å²) in [6.45, 7) is 7.43. The van der Waals surface area contributed by atoms with Crippen LogP contribution in [0.15, 0.2) is 24.3 Å². The van der Waals surface area contributed by atoms with E-state index >= 15 is 0 Å². The molecule has 0 aromatic heterocycles. The average Bonchev–Trinajstić information content (AvgIpc) is 3.24. The largest absolute Gasteiger partial charge is 0.492 e. The number of hydrogen-bond acceptors (Lipinski definition) is 3. The van der Waals surface area contributed by atoms with Crippen LogP contribution >= 0.6 is 0 Å². The van der Waals surface area contributed by atoms with Crippen LogP contribution in [0.4, 0.5) is 0 Å². The summed E-state index contributed by atoms with van der Waals surface area (Å²) in [6.07, 6.45) is 4.07. The van der Waals surface area contributed by atoms with Gasteiger partial charge in [0.05, 0.1) is 0 Å². The average molecular weight is 276 g/mol. The maximum absolute atomic E-state index is 5.90. The number of nitrogens with one attached hydrogen (secondary N) is 1. The van der Waals surface area contributed by atoms with Crippen LogP contribution in [-0.2, 0) is 6.54 Å². The van der Waals surface area contributed by atoms with E-state index in [-0.39, 0.29) is 0 Å². The van der Waals surface area contributed by atoms with Gasteiger partial charge in [-0.15, -0.1) is 0 Å².